The van der Waals surface area contributed by atoms with Gasteiger partial charge in [0.25, 0.3) is 0 Å². The van der Waals surface area contributed by atoms with E-state index in [1.54, 1.807) is 12.1 Å². The first-order valence-corrected chi connectivity index (χ1v) is 16.2. The van der Waals surface area contributed by atoms with Crippen molar-refractivity contribution in [1.29, 1.82) is 0 Å². The molecule has 0 saturated carbocycles. The number of amides is 5. The lowest BCUT2D eigenvalue weighted by molar-refractivity contribution is -0.139. The summed E-state index contributed by atoms with van der Waals surface area (Å²) < 4.78 is 5.53. The SMILES string of the molecule is CCCCCC(=O)NC(C(=O)NCC(C)C)C(CO)CNC(=O)[C@H](C)N(C(=O)OCc1ccccc1-c1ccccc1)C(=O)[C@H](C)N. The largest absolute Gasteiger partial charge is 0.444 e. The number of aliphatic hydroxyl groups is 1. The quantitative estimate of drug-likeness (QED) is 0.152. The lowest BCUT2D eigenvalue weighted by Gasteiger charge is -2.29. The molecule has 4 atom stereocenters. The zero-order valence-electron chi connectivity index (χ0n) is 28.2. The number of benzene rings is 2. The summed E-state index contributed by atoms with van der Waals surface area (Å²) in [4.78, 5) is 66.1. The summed E-state index contributed by atoms with van der Waals surface area (Å²) in [5.74, 6) is -3.14. The summed E-state index contributed by atoms with van der Waals surface area (Å²) in [6.07, 6.45) is 1.59. The number of ether oxygens (including phenoxy) is 1. The van der Waals surface area contributed by atoms with Crippen LogP contribution in [-0.2, 0) is 30.5 Å². The van der Waals surface area contributed by atoms with Gasteiger partial charge in [0.05, 0.1) is 12.6 Å². The number of aliphatic hydroxyl groups excluding tert-OH is 1. The summed E-state index contributed by atoms with van der Waals surface area (Å²) in [5.41, 5.74) is 8.29. The zero-order chi connectivity index (χ0) is 34.9. The van der Waals surface area contributed by atoms with Crippen molar-refractivity contribution in [3.8, 4) is 11.1 Å². The third-order valence-corrected chi connectivity index (χ3v) is 7.58. The summed E-state index contributed by atoms with van der Waals surface area (Å²) in [6, 6.07) is 13.3. The Bertz CT molecular complexity index is 1320. The van der Waals surface area contributed by atoms with Gasteiger partial charge in [0, 0.05) is 25.4 Å². The number of imide groups is 1. The first-order valence-electron chi connectivity index (χ1n) is 16.2. The van der Waals surface area contributed by atoms with Gasteiger partial charge >= 0.3 is 6.09 Å². The van der Waals surface area contributed by atoms with Crippen LogP contribution in [0.1, 0.15) is 65.9 Å². The van der Waals surface area contributed by atoms with Gasteiger partial charge in [-0.3, -0.25) is 19.2 Å². The van der Waals surface area contributed by atoms with E-state index in [1.807, 2.05) is 63.2 Å². The highest BCUT2D eigenvalue weighted by Gasteiger charge is 2.36. The molecule has 0 fully saturated rings. The molecular formula is C35H51N5O7. The van der Waals surface area contributed by atoms with E-state index in [4.69, 9.17) is 10.5 Å². The Morgan fingerprint density at radius 3 is 2.13 bits per heavy atom. The number of nitrogens with zero attached hydrogens (tertiary/aromatic N) is 1. The summed E-state index contributed by atoms with van der Waals surface area (Å²) in [5, 5.41) is 18.3. The molecule has 2 rings (SSSR count). The number of rotatable bonds is 18. The highest BCUT2D eigenvalue weighted by atomic mass is 16.6. The fourth-order valence-corrected chi connectivity index (χ4v) is 4.79. The van der Waals surface area contributed by atoms with Gasteiger partial charge in [0.15, 0.2) is 0 Å². The second kappa shape index (κ2) is 20.1. The van der Waals surface area contributed by atoms with Crippen molar-refractivity contribution in [2.75, 3.05) is 19.7 Å². The number of nitrogens with one attached hydrogen (secondary N) is 3. The fourth-order valence-electron chi connectivity index (χ4n) is 4.79. The number of hydrogen-bond acceptors (Lipinski definition) is 8. The lowest BCUT2D eigenvalue weighted by Crippen LogP contribution is -2.57. The van der Waals surface area contributed by atoms with Crippen molar-refractivity contribution in [2.24, 2.45) is 17.6 Å². The van der Waals surface area contributed by atoms with Crippen molar-refractivity contribution in [3.05, 3.63) is 60.2 Å². The van der Waals surface area contributed by atoms with Crippen LogP contribution in [0.3, 0.4) is 0 Å². The van der Waals surface area contributed by atoms with Crippen molar-refractivity contribution in [2.45, 2.75) is 85.0 Å². The number of nitrogens with two attached hydrogens (primary N) is 1. The third-order valence-electron chi connectivity index (χ3n) is 7.58. The molecule has 12 heteroatoms. The van der Waals surface area contributed by atoms with Crippen LogP contribution in [0.4, 0.5) is 4.79 Å². The van der Waals surface area contributed by atoms with Crippen LogP contribution >= 0.6 is 0 Å². The minimum absolute atomic E-state index is 0.146. The Hall–Kier alpha value is -4.29. The van der Waals surface area contributed by atoms with E-state index < -0.39 is 54.5 Å². The highest BCUT2D eigenvalue weighted by molar-refractivity contribution is 5.99. The Kier molecular flexibility index (Phi) is 16.6. The summed E-state index contributed by atoms with van der Waals surface area (Å²) in [7, 11) is 0. The molecule has 0 aromatic heterocycles. The van der Waals surface area contributed by atoms with E-state index in [9.17, 15) is 29.1 Å². The van der Waals surface area contributed by atoms with Crippen molar-refractivity contribution in [3.63, 3.8) is 0 Å². The molecule has 0 spiro atoms. The van der Waals surface area contributed by atoms with Gasteiger partial charge in [-0.2, -0.15) is 0 Å². The molecule has 0 aliphatic carbocycles. The van der Waals surface area contributed by atoms with E-state index in [0.29, 0.717) is 23.4 Å². The number of hydrogen-bond donors (Lipinski definition) is 5. The smallest absolute Gasteiger partial charge is 0.417 e. The van der Waals surface area contributed by atoms with Crippen molar-refractivity contribution < 1.29 is 33.8 Å². The molecule has 258 valence electrons. The van der Waals surface area contributed by atoms with Crippen molar-refractivity contribution in [1.82, 2.24) is 20.9 Å². The molecule has 5 amide bonds. The number of carbonyl (C=O) groups excluding carboxylic acids is 5. The van der Waals surface area contributed by atoms with Crippen LogP contribution in [0, 0.1) is 11.8 Å². The predicted octanol–water partition coefficient (Wildman–Crippen LogP) is 3.12. The molecule has 2 unspecified atom stereocenters. The average molecular weight is 654 g/mol. The van der Waals surface area contributed by atoms with E-state index in [2.05, 4.69) is 16.0 Å². The normalized spacial score (nSPS) is 13.5. The van der Waals surface area contributed by atoms with Crippen LogP contribution < -0.4 is 21.7 Å². The molecule has 2 aromatic rings. The van der Waals surface area contributed by atoms with Gasteiger partial charge in [0.2, 0.25) is 23.6 Å². The second-order valence-electron chi connectivity index (χ2n) is 12.1. The number of carbonyl (C=O) groups is 5. The average Bonchev–Trinajstić information content (AvgIpc) is 3.06. The molecule has 47 heavy (non-hydrogen) atoms. The molecule has 0 bridgehead atoms. The number of unbranched alkanes of at least 4 members (excludes halogenated alkanes) is 2. The third kappa shape index (κ3) is 12.4. The maximum atomic E-state index is 13.3. The highest BCUT2D eigenvalue weighted by Crippen LogP contribution is 2.24. The van der Waals surface area contributed by atoms with E-state index >= 15 is 0 Å². The zero-order valence-corrected chi connectivity index (χ0v) is 28.2. The maximum absolute atomic E-state index is 13.3. The van der Waals surface area contributed by atoms with Gasteiger partial charge in [-0.1, -0.05) is 88.2 Å². The molecule has 12 nitrogen and oxygen atoms in total. The van der Waals surface area contributed by atoms with E-state index in [0.717, 1.165) is 24.0 Å². The van der Waals surface area contributed by atoms with Crippen LogP contribution in [0.5, 0.6) is 0 Å². The van der Waals surface area contributed by atoms with Gasteiger partial charge in [-0.15, -0.1) is 0 Å². The van der Waals surface area contributed by atoms with E-state index in [-0.39, 0.29) is 31.4 Å². The monoisotopic (exact) mass is 653 g/mol. The van der Waals surface area contributed by atoms with Crippen molar-refractivity contribution >= 4 is 29.7 Å². The van der Waals surface area contributed by atoms with Crippen LogP contribution in [0.15, 0.2) is 54.6 Å². The molecular weight excluding hydrogens is 602 g/mol. The summed E-state index contributed by atoms with van der Waals surface area (Å²) in [6.45, 7) is 8.03. The van der Waals surface area contributed by atoms with Crippen LogP contribution in [0.25, 0.3) is 11.1 Å². The molecule has 2 aromatic carbocycles. The maximum Gasteiger partial charge on any atom is 0.417 e. The first-order chi connectivity index (χ1) is 22.4. The van der Waals surface area contributed by atoms with Crippen LogP contribution in [-0.4, -0.2) is 77.6 Å². The second-order valence-corrected chi connectivity index (χ2v) is 12.1. The Morgan fingerprint density at radius 1 is 0.872 bits per heavy atom. The molecule has 0 aliphatic rings. The lowest BCUT2D eigenvalue weighted by atomic mass is 9.98. The standard InChI is InChI=1S/C35H51N5O7/c1-6-7-9-18-30(42)39-31(33(44)37-19-23(2)3)28(21-41)20-38-32(43)25(5)40(34(45)24(4)36)35(46)47-22-27-16-12-13-17-29(27)26-14-10-8-11-15-26/h8,10-17,23-25,28,31,41H,6-7,9,18-22,36H2,1-5H3,(H,37,44)(H,38,43)(H,39,42)/t24-,25-,28?,31?/m0/s1. The fraction of sp³-hybridized carbons (Fsp3) is 0.514. The van der Waals surface area contributed by atoms with E-state index in [1.165, 1.54) is 13.8 Å². The Labute approximate surface area is 277 Å². The molecule has 0 aliphatic heterocycles. The Balaban J connectivity index is 2.18. The molecule has 0 saturated heterocycles. The minimum atomic E-state index is -1.35. The molecule has 0 heterocycles. The van der Waals surface area contributed by atoms with Gasteiger partial charge in [-0.05, 0) is 42.9 Å². The molecule has 6 N–H and O–H groups in total. The van der Waals surface area contributed by atoms with Crippen LogP contribution in [0.2, 0.25) is 0 Å². The topological polar surface area (TPSA) is 180 Å². The van der Waals surface area contributed by atoms with Gasteiger partial charge < -0.3 is 31.5 Å². The predicted molar refractivity (Wildman–Crippen MR) is 180 cm³/mol. The Morgan fingerprint density at radius 2 is 1.51 bits per heavy atom. The minimum Gasteiger partial charge on any atom is -0.444 e. The first kappa shape index (κ1) is 38.9. The summed E-state index contributed by atoms with van der Waals surface area (Å²) >= 11 is 0. The van der Waals surface area contributed by atoms with Gasteiger partial charge in [-0.25, -0.2) is 9.69 Å². The molecule has 0 radical (unpaired) electrons. The van der Waals surface area contributed by atoms with Gasteiger partial charge in [0.1, 0.15) is 18.7 Å².